The SMILES string of the molecule is O=C(Nc1ccccc1)c1ccc(C(=O)N2CCN(Cc3ccc(F)cc3)CC2)cn1. The summed E-state index contributed by atoms with van der Waals surface area (Å²) in [4.78, 5) is 33.3. The third-order valence-corrected chi connectivity index (χ3v) is 5.25. The predicted molar refractivity (Wildman–Crippen MR) is 116 cm³/mol. The van der Waals surface area contributed by atoms with Crippen LogP contribution in [0.3, 0.4) is 0 Å². The quantitative estimate of drug-likeness (QED) is 0.690. The molecule has 0 atom stereocenters. The van der Waals surface area contributed by atoms with E-state index in [1.165, 1.54) is 18.3 Å². The monoisotopic (exact) mass is 418 g/mol. The lowest BCUT2D eigenvalue weighted by atomic mass is 10.1. The zero-order valence-electron chi connectivity index (χ0n) is 17.0. The van der Waals surface area contributed by atoms with E-state index in [9.17, 15) is 14.0 Å². The number of benzene rings is 2. The molecule has 0 radical (unpaired) electrons. The van der Waals surface area contributed by atoms with E-state index in [2.05, 4.69) is 15.2 Å². The number of carbonyl (C=O) groups is 2. The van der Waals surface area contributed by atoms with Crippen molar-refractivity contribution in [3.05, 3.63) is 95.6 Å². The molecule has 0 unspecified atom stereocenters. The molecule has 2 aromatic carbocycles. The summed E-state index contributed by atoms with van der Waals surface area (Å²) in [6.07, 6.45) is 1.45. The Bertz CT molecular complexity index is 1030. The maximum absolute atomic E-state index is 13.0. The van der Waals surface area contributed by atoms with E-state index in [1.807, 2.05) is 18.2 Å². The van der Waals surface area contributed by atoms with Crippen LogP contribution in [0.1, 0.15) is 26.4 Å². The van der Waals surface area contributed by atoms with E-state index in [4.69, 9.17) is 0 Å². The van der Waals surface area contributed by atoms with Crippen LogP contribution in [0.15, 0.2) is 72.9 Å². The van der Waals surface area contributed by atoms with Crippen LogP contribution in [-0.2, 0) is 6.54 Å². The first-order chi connectivity index (χ1) is 15.1. The van der Waals surface area contributed by atoms with Crippen molar-refractivity contribution in [2.45, 2.75) is 6.54 Å². The zero-order chi connectivity index (χ0) is 21.6. The van der Waals surface area contributed by atoms with Crippen LogP contribution >= 0.6 is 0 Å². The molecular formula is C24H23FN4O2. The van der Waals surface area contributed by atoms with Crippen molar-refractivity contribution in [2.24, 2.45) is 0 Å². The standard InChI is InChI=1S/C24H23FN4O2/c25-20-9-6-18(7-10-20)17-28-12-14-29(15-13-28)24(31)19-8-11-22(26-16-19)23(30)27-21-4-2-1-3-5-21/h1-11,16H,12-15,17H2,(H,27,30). The maximum atomic E-state index is 13.0. The summed E-state index contributed by atoms with van der Waals surface area (Å²) < 4.78 is 13.0. The van der Waals surface area contributed by atoms with Crippen LogP contribution in [0, 0.1) is 5.82 Å². The van der Waals surface area contributed by atoms with Crippen LogP contribution < -0.4 is 5.32 Å². The molecule has 1 fully saturated rings. The molecule has 1 saturated heterocycles. The summed E-state index contributed by atoms with van der Waals surface area (Å²) in [6.45, 7) is 3.43. The van der Waals surface area contributed by atoms with E-state index in [0.29, 0.717) is 24.3 Å². The third kappa shape index (κ3) is 5.32. The van der Waals surface area contributed by atoms with Crippen LogP contribution in [0.5, 0.6) is 0 Å². The topological polar surface area (TPSA) is 65.5 Å². The van der Waals surface area contributed by atoms with Crippen LogP contribution in [-0.4, -0.2) is 52.8 Å². The Morgan fingerprint density at radius 1 is 0.903 bits per heavy atom. The highest BCUT2D eigenvalue weighted by atomic mass is 19.1. The number of nitrogens with zero attached hydrogens (tertiary/aromatic N) is 3. The van der Waals surface area contributed by atoms with Gasteiger partial charge in [0.05, 0.1) is 5.56 Å². The van der Waals surface area contributed by atoms with Gasteiger partial charge in [-0.05, 0) is 42.0 Å². The summed E-state index contributed by atoms with van der Waals surface area (Å²) >= 11 is 0. The van der Waals surface area contributed by atoms with Gasteiger partial charge in [-0.2, -0.15) is 0 Å². The highest BCUT2D eigenvalue weighted by Crippen LogP contribution is 2.13. The van der Waals surface area contributed by atoms with E-state index in [-0.39, 0.29) is 23.3 Å². The molecule has 31 heavy (non-hydrogen) atoms. The minimum absolute atomic E-state index is 0.0936. The average Bonchev–Trinajstić information content (AvgIpc) is 2.81. The predicted octanol–water partition coefficient (Wildman–Crippen LogP) is 3.43. The summed E-state index contributed by atoms with van der Waals surface area (Å²) in [5, 5.41) is 2.77. The Labute approximate surface area is 180 Å². The third-order valence-electron chi connectivity index (χ3n) is 5.25. The van der Waals surface area contributed by atoms with E-state index in [1.54, 1.807) is 41.3 Å². The number of aromatic nitrogens is 1. The van der Waals surface area contributed by atoms with E-state index >= 15 is 0 Å². The molecule has 1 aromatic heterocycles. The maximum Gasteiger partial charge on any atom is 0.274 e. The second-order valence-corrected chi connectivity index (χ2v) is 7.45. The molecule has 1 aliphatic heterocycles. The molecule has 0 bridgehead atoms. The van der Waals surface area contributed by atoms with Gasteiger partial charge in [0.1, 0.15) is 11.5 Å². The van der Waals surface area contributed by atoms with Gasteiger partial charge in [0, 0.05) is 44.6 Å². The summed E-state index contributed by atoms with van der Waals surface area (Å²) in [7, 11) is 0. The Balaban J connectivity index is 1.30. The van der Waals surface area contributed by atoms with Gasteiger partial charge >= 0.3 is 0 Å². The van der Waals surface area contributed by atoms with Crippen LogP contribution in [0.4, 0.5) is 10.1 Å². The van der Waals surface area contributed by atoms with E-state index < -0.39 is 0 Å². The molecule has 0 aliphatic carbocycles. The molecular weight excluding hydrogens is 395 g/mol. The number of piperazine rings is 1. The first-order valence-corrected chi connectivity index (χ1v) is 10.2. The van der Waals surface area contributed by atoms with Gasteiger partial charge in [-0.3, -0.25) is 19.5 Å². The molecule has 158 valence electrons. The lowest BCUT2D eigenvalue weighted by Gasteiger charge is -2.34. The Hall–Kier alpha value is -3.58. The smallest absolute Gasteiger partial charge is 0.274 e. The first kappa shape index (κ1) is 20.7. The number of anilines is 1. The van der Waals surface area contributed by atoms with Crippen molar-refractivity contribution < 1.29 is 14.0 Å². The number of halogens is 1. The number of hydrogen-bond acceptors (Lipinski definition) is 4. The lowest BCUT2D eigenvalue weighted by molar-refractivity contribution is 0.0627. The highest BCUT2D eigenvalue weighted by molar-refractivity contribution is 6.03. The van der Waals surface area contributed by atoms with Gasteiger partial charge in [-0.1, -0.05) is 30.3 Å². The Morgan fingerprint density at radius 3 is 2.26 bits per heavy atom. The van der Waals surface area contributed by atoms with E-state index in [0.717, 1.165) is 25.2 Å². The molecule has 2 amide bonds. The number of nitrogens with one attached hydrogen (secondary N) is 1. The highest BCUT2D eigenvalue weighted by Gasteiger charge is 2.22. The minimum Gasteiger partial charge on any atom is -0.336 e. The van der Waals surface area contributed by atoms with Gasteiger partial charge in [-0.25, -0.2) is 4.39 Å². The number of rotatable bonds is 5. The van der Waals surface area contributed by atoms with Crippen molar-refractivity contribution in [3.63, 3.8) is 0 Å². The largest absolute Gasteiger partial charge is 0.336 e. The molecule has 2 heterocycles. The van der Waals surface area contributed by atoms with Crippen molar-refractivity contribution in [1.82, 2.24) is 14.8 Å². The summed E-state index contributed by atoms with van der Waals surface area (Å²) in [6, 6.07) is 18.8. The molecule has 7 heteroatoms. The van der Waals surface area contributed by atoms with Gasteiger partial charge in [0.25, 0.3) is 11.8 Å². The van der Waals surface area contributed by atoms with Crippen molar-refractivity contribution in [3.8, 4) is 0 Å². The summed E-state index contributed by atoms with van der Waals surface area (Å²) in [5.74, 6) is -0.653. The van der Waals surface area contributed by atoms with Gasteiger partial charge in [0.2, 0.25) is 0 Å². The second kappa shape index (κ2) is 9.49. The fraction of sp³-hybridized carbons (Fsp3) is 0.208. The number of amides is 2. The number of para-hydroxylation sites is 1. The van der Waals surface area contributed by atoms with Crippen LogP contribution in [0.25, 0.3) is 0 Å². The number of carbonyl (C=O) groups excluding carboxylic acids is 2. The molecule has 6 nitrogen and oxygen atoms in total. The molecule has 1 N–H and O–H groups in total. The normalized spacial score (nSPS) is 14.3. The molecule has 0 saturated carbocycles. The van der Waals surface area contributed by atoms with Crippen molar-refractivity contribution >= 4 is 17.5 Å². The molecule has 1 aliphatic rings. The molecule has 4 rings (SSSR count). The van der Waals surface area contributed by atoms with Crippen molar-refractivity contribution in [1.29, 1.82) is 0 Å². The molecule has 3 aromatic rings. The summed E-state index contributed by atoms with van der Waals surface area (Å²) in [5.41, 5.74) is 2.45. The minimum atomic E-state index is -0.320. The van der Waals surface area contributed by atoms with Crippen LogP contribution in [0.2, 0.25) is 0 Å². The number of pyridine rings is 1. The fourth-order valence-corrected chi connectivity index (χ4v) is 3.51. The first-order valence-electron chi connectivity index (χ1n) is 10.2. The Morgan fingerprint density at radius 2 is 1.61 bits per heavy atom. The Kier molecular flexibility index (Phi) is 6.33. The second-order valence-electron chi connectivity index (χ2n) is 7.45. The molecule has 0 spiro atoms. The van der Waals surface area contributed by atoms with Gasteiger partial charge in [0.15, 0.2) is 0 Å². The number of hydrogen-bond donors (Lipinski definition) is 1. The van der Waals surface area contributed by atoms with Crippen molar-refractivity contribution in [2.75, 3.05) is 31.5 Å². The lowest BCUT2D eigenvalue weighted by Crippen LogP contribution is -2.48. The fourth-order valence-electron chi connectivity index (χ4n) is 3.51. The zero-order valence-corrected chi connectivity index (χ0v) is 17.0. The van der Waals surface area contributed by atoms with Gasteiger partial charge in [-0.15, -0.1) is 0 Å². The van der Waals surface area contributed by atoms with Gasteiger partial charge < -0.3 is 10.2 Å². The average molecular weight is 418 g/mol.